The first-order valence-corrected chi connectivity index (χ1v) is 7.23. The minimum absolute atomic E-state index is 0.191. The zero-order chi connectivity index (χ0) is 14.9. The molecule has 4 heteroatoms. The number of ether oxygens (including phenoxy) is 3. The number of methoxy groups -OCH3 is 1. The van der Waals surface area contributed by atoms with Crippen LogP contribution < -0.4 is 4.74 Å². The molecule has 0 fully saturated rings. The van der Waals surface area contributed by atoms with Crippen LogP contribution in [0.4, 0.5) is 0 Å². The van der Waals surface area contributed by atoms with E-state index in [9.17, 15) is 0 Å². The van der Waals surface area contributed by atoms with Crippen LogP contribution >= 0.6 is 11.6 Å². The van der Waals surface area contributed by atoms with E-state index in [1.807, 2.05) is 54.6 Å². The fourth-order valence-corrected chi connectivity index (χ4v) is 2.17. The summed E-state index contributed by atoms with van der Waals surface area (Å²) in [7, 11) is 1.64. The van der Waals surface area contributed by atoms with Crippen molar-refractivity contribution in [3.63, 3.8) is 0 Å². The molecule has 2 aromatic rings. The second-order valence-electron chi connectivity index (χ2n) is 4.51. The Labute approximate surface area is 130 Å². The lowest BCUT2D eigenvalue weighted by Crippen LogP contribution is -2.07. The van der Waals surface area contributed by atoms with E-state index in [0.29, 0.717) is 13.2 Å². The Morgan fingerprint density at radius 1 is 0.952 bits per heavy atom. The van der Waals surface area contributed by atoms with E-state index < -0.39 is 0 Å². The van der Waals surface area contributed by atoms with Crippen molar-refractivity contribution < 1.29 is 14.2 Å². The Morgan fingerprint density at radius 2 is 1.71 bits per heavy atom. The highest BCUT2D eigenvalue weighted by Gasteiger charge is 2.10. The van der Waals surface area contributed by atoms with E-state index in [1.54, 1.807) is 7.11 Å². The Hall–Kier alpha value is -1.55. The van der Waals surface area contributed by atoms with Crippen LogP contribution in [0.3, 0.4) is 0 Å². The van der Waals surface area contributed by atoms with E-state index >= 15 is 0 Å². The molecule has 0 aliphatic heterocycles. The highest BCUT2D eigenvalue weighted by molar-refractivity contribution is 6.22. The maximum atomic E-state index is 6.50. The minimum Gasteiger partial charge on any atom is -0.468 e. The van der Waals surface area contributed by atoms with Crippen molar-refractivity contribution in [2.24, 2.45) is 0 Å². The van der Waals surface area contributed by atoms with Gasteiger partial charge in [0.15, 0.2) is 6.79 Å². The number of alkyl halides is 1. The minimum atomic E-state index is -0.191. The molecule has 1 atom stereocenters. The van der Waals surface area contributed by atoms with E-state index in [-0.39, 0.29) is 12.2 Å². The van der Waals surface area contributed by atoms with Gasteiger partial charge in [-0.25, -0.2) is 0 Å². The summed E-state index contributed by atoms with van der Waals surface area (Å²) in [5, 5.41) is -0.191. The molecule has 0 aliphatic carbocycles. The Morgan fingerprint density at radius 3 is 2.48 bits per heavy atom. The molecular formula is C17H19ClO3. The molecule has 0 saturated heterocycles. The van der Waals surface area contributed by atoms with Gasteiger partial charge in [-0.3, -0.25) is 0 Å². The zero-order valence-electron chi connectivity index (χ0n) is 12.0. The Balaban J connectivity index is 1.94. The lowest BCUT2D eigenvalue weighted by molar-refractivity contribution is -0.00849. The molecule has 0 spiro atoms. The van der Waals surface area contributed by atoms with Crippen LogP contribution in [0, 0.1) is 0 Å². The first kappa shape index (κ1) is 15.8. The third kappa shape index (κ3) is 5.05. The van der Waals surface area contributed by atoms with Crippen LogP contribution in [0.25, 0.3) is 0 Å². The van der Waals surface area contributed by atoms with E-state index in [1.165, 1.54) is 0 Å². The fraction of sp³-hybridized carbons (Fsp3) is 0.294. The van der Waals surface area contributed by atoms with Gasteiger partial charge < -0.3 is 14.2 Å². The second-order valence-corrected chi connectivity index (χ2v) is 4.95. The molecule has 21 heavy (non-hydrogen) atoms. The molecule has 0 aromatic heterocycles. The molecule has 0 unspecified atom stereocenters. The number of halogens is 1. The molecule has 2 aromatic carbocycles. The molecular weight excluding hydrogens is 288 g/mol. The first-order chi connectivity index (χ1) is 10.3. The molecule has 112 valence electrons. The van der Waals surface area contributed by atoms with Gasteiger partial charge in [0.1, 0.15) is 5.75 Å². The predicted octanol–water partition coefficient (Wildman–Crippen LogP) is 4.01. The Bertz CT molecular complexity index is 531. The molecule has 0 heterocycles. The monoisotopic (exact) mass is 306 g/mol. The highest BCUT2D eigenvalue weighted by atomic mass is 35.5. The van der Waals surface area contributed by atoms with E-state index in [2.05, 4.69) is 0 Å². The van der Waals surface area contributed by atoms with Gasteiger partial charge >= 0.3 is 0 Å². The van der Waals surface area contributed by atoms with Crippen molar-refractivity contribution in [3.05, 3.63) is 65.7 Å². The van der Waals surface area contributed by atoms with Crippen LogP contribution in [0.15, 0.2) is 54.6 Å². The van der Waals surface area contributed by atoms with Gasteiger partial charge in [-0.1, -0.05) is 42.5 Å². The summed E-state index contributed by atoms with van der Waals surface area (Å²) in [5.41, 5.74) is 2.06. The smallest absolute Gasteiger partial charge is 0.189 e. The van der Waals surface area contributed by atoms with Crippen molar-refractivity contribution >= 4 is 11.6 Å². The maximum absolute atomic E-state index is 6.50. The quantitative estimate of drug-likeness (QED) is 0.419. The van der Waals surface area contributed by atoms with E-state index in [4.69, 9.17) is 25.8 Å². The normalized spacial score (nSPS) is 12.1. The molecule has 2 rings (SSSR count). The van der Waals surface area contributed by atoms with Crippen molar-refractivity contribution in [3.8, 4) is 5.75 Å². The number of benzene rings is 2. The molecule has 3 nitrogen and oxygen atoms in total. The summed E-state index contributed by atoms with van der Waals surface area (Å²) < 4.78 is 15.7. The standard InChI is InChI=1S/C17H19ClO3/c1-19-10-11-20-13-21-16-9-5-8-15(12-16)17(18)14-6-3-2-4-7-14/h2-9,12,17H,10-11,13H2,1H3/t17-/m1/s1. The molecule has 0 radical (unpaired) electrons. The first-order valence-electron chi connectivity index (χ1n) is 6.79. The summed E-state index contributed by atoms with van der Waals surface area (Å²) in [6.45, 7) is 1.27. The third-order valence-corrected chi connectivity index (χ3v) is 3.49. The Kier molecular flexibility index (Phi) is 6.54. The fourth-order valence-electron chi connectivity index (χ4n) is 1.89. The summed E-state index contributed by atoms with van der Waals surface area (Å²) in [6.07, 6.45) is 0. The SMILES string of the molecule is COCCOCOc1cccc([C@H](Cl)c2ccccc2)c1. The van der Waals surface area contributed by atoms with Crippen LogP contribution in [0.5, 0.6) is 5.75 Å². The number of hydrogen-bond donors (Lipinski definition) is 0. The highest BCUT2D eigenvalue weighted by Crippen LogP contribution is 2.30. The summed E-state index contributed by atoms with van der Waals surface area (Å²) >= 11 is 6.50. The average Bonchev–Trinajstić information content (AvgIpc) is 2.55. The topological polar surface area (TPSA) is 27.7 Å². The van der Waals surface area contributed by atoms with Crippen molar-refractivity contribution in [2.45, 2.75) is 5.38 Å². The van der Waals surface area contributed by atoms with Crippen molar-refractivity contribution in [1.82, 2.24) is 0 Å². The molecule has 0 saturated carbocycles. The zero-order valence-corrected chi connectivity index (χ0v) is 12.8. The van der Waals surface area contributed by atoms with Gasteiger partial charge in [-0.2, -0.15) is 0 Å². The molecule has 0 N–H and O–H groups in total. The summed E-state index contributed by atoms with van der Waals surface area (Å²) in [5.74, 6) is 0.742. The van der Waals surface area contributed by atoms with Crippen LogP contribution in [0.1, 0.15) is 16.5 Å². The van der Waals surface area contributed by atoms with Crippen molar-refractivity contribution in [1.29, 1.82) is 0 Å². The van der Waals surface area contributed by atoms with Gasteiger partial charge in [0.2, 0.25) is 0 Å². The number of hydrogen-bond acceptors (Lipinski definition) is 3. The largest absolute Gasteiger partial charge is 0.468 e. The summed E-state index contributed by atoms with van der Waals surface area (Å²) in [4.78, 5) is 0. The van der Waals surface area contributed by atoms with Crippen LogP contribution in [-0.4, -0.2) is 27.1 Å². The second kappa shape index (κ2) is 8.67. The summed E-state index contributed by atoms with van der Waals surface area (Å²) in [6, 6.07) is 17.7. The lowest BCUT2D eigenvalue weighted by atomic mass is 10.0. The van der Waals surface area contributed by atoms with Gasteiger partial charge in [0.25, 0.3) is 0 Å². The molecule has 0 bridgehead atoms. The van der Waals surface area contributed by atoms with Gasteiger partial charge in [0, 0.05) is 7.11 Å². The van der Waals surface area contributed by atoms with Crippen LogP contribution in [0.2, 0.25) is 0 Å². The van der Waals surface area contributed by atoms with Gasteiger partial charge in [-0.15, -0.1) is 11.6 Å². The molecule has 0 amide bonds. The van der Waals surface area contributed by atoms with Crippen LogP contribution in [-0.2, 0) is 9.47 Å². The van der Waals surface area contributed by atoms with Gasteiger partial charge in [-0.05, 0) is 23.3 Å². The number of rotatable bonds is 8. The third-order valence-electron chi connectivity index (χ3n) is 2.98. The molecule has 0 aliphatic rings. The van der Waals surface area contributed by atoms with E-state index in [0.717, 1.165) is 16.9 Å². The maximum Gasteiger partial charge on any atom is 0.189 e. The lowest BCUT2D eigenvalue weighted by Gasteiger charge is -2.12. The van der Waals surface area contributed by atoms with Crippen molar-refractivity contribution in [2.75, 3.05) is 27.1 Å². The average molecular weight is 307 g/mol. The predicted molar refractivity (Wildman–Crippen MR) is 83.9 cm³/mol. The van der Waals surface area contributed by atoms with Gasteiger partial charge in [0.05, 0.1) is 18.6 Å².